The topological polar surface area (TPSA) is 66.9 Å². The summed E-state index contributed by atoms with van der Waals surface area (Å²) in [6, 6.07) is 0. The molecule has 1 amide bonds. The van der Waals surface area contributed by atoms with Crippen molar-refractivity contribution in [3.63, 3.8) is 0 Å². The molecule has 1 heterocycles. The summed E-state index contributed by atoms with van der Waals surface area (Å²) in [5.41, 5.74) is 0.952. The molecule has 1 aliphatic rings. The van der Waals surface area contributed by atoms with Gasteiger partial charge in [0.15, 0.2) is 0 Å². The van der Waals surface area contributed by atoms with Gasteiger partial charge in [0, 0.05) is 30.9 Å². The molecule has 1 aromatic rings. The van der Waals surface area contributed by atoms with Crippen LogP contribution < -0.4 is 10.6 Å². The van der Waals surface area contributed by atoms with E-state index in [2.05, 4.69) is 20.2 Å². The van der Waals surface area contributed by atoms with E-state index in [0.717, 1.165) is 31.6 Å². The van der Waals surface area contributed by atoms with Crippen LogP contribution in [-0.2, 0) is 11.3 Å². The molecule has 6 heteroatoms. The van der Waals surface area contributed by atoms with Crippen LogP contribution in [-0.4, -0.2) is 28.6 Å². The molecule has 15 heavy (non-hydrogen) atoms. The maximum Gasteiger partial charge on any atom is 0.223 e. The Hall–Kier alpha value is -1.01. The first kappa shape index (κ1) is 10.5. The van der Waals surface area contributed by atoms with Crippen LogP contribution >= 0.6 is 11.5 Å². The van der Waals surface area contributed by atoms with Gasteiger partial charge in [0.25, 0.3) is 0 Å². The lowest BCUT2D eigenvalue weighted by molar-refractivity contribution is -0.122. The first-order valence-electron chi connectivity index (χ1n) is 5.10. The fourth-order valence-corrected chi connectivity index (χ4v) is 1.69. The zero-order valence-electron chi connectivity index (χ0n) is 8.40. The average molecular weight is 226 g/mol. The monoisotopic (exact) mass is 226 g/mol. The number of carbonyl (C=O) groups is 1. The van der Waals surface area contributed by atoms with Gasteiger partial charge in [-0.25, -0.2) is 0 Å². The number of carbonyl (C=O) groups excluding carboxylic acids is 1. The van der Waals surface area contributed by atoms with Crippen molar-refractivity contribution in [3.05, 3.63) is 11.1 Å². The van der Waals surface area contributed by atoms with Gasteiger partial charge in [-0.15, -0.1) is 5.10 Å². The Balaban J connectivity index is 1.50. The average Bonchev–Trinajstić information content (AvgIpc) is 2.97. The fourth-order valence-electron chi connectivity index (χ4n) is 1.24. The van der Waals surface area contributed by atoms with E-state index in [0.29, 0.717) is 12.5 Å². The fraction of sp³-hybridized carbons (Fsp3) is 0.667. The molecule has 0 bridgehead atoms. The summed E-state index contributed by atoms with van der Waals surface area (Å²) in [6.45, 7) is 2.18. The van der Waals surface area contributed by atoms with Gasteiger partial charge in [0.05, 0.1) is 5.69 Å². The van der Waals surface area contributed by atoms with Crippen LogP contribution in [0.1, 0.15) is 18.5 Å². The van der Waals surface area contributed by atoms with Crippen LogP contribution in [0, 0.1) is 5.92 Å². The first-order valence-corrected chi connectivity index (χ1v) is 5.94. The highest BCUT2D eigenvalue weighted by molar-refractivity contribution is 7.03. The standard InChI is InChI=1S/C9H14N4OS/c14-9(7-1-2-7)11-4-3-10-5-8-6-15-13-12-8/h6-7,10H,1-5H2,(H,11,14). The summed E-state index contributed by atoms with van der Waals surface area (Å²) < 4.78 is 3.76. The van der Waals surface area contributed by atoms with E-state index in [9.17, 15) is 4.79 Å². The van der Waals surface area contributed by atoms with Crippen LogP contribution in [0.5, 0.6) is 0 Å². The number of amides is 1. The minimum absolute atomic E-state index is 0.201. The van der Waals surface area contributed by atoms with Crippen molar-refractivity contribution >= 4 is 17.4 Å². The molecule has 1 saturated carbocycles. The molecular weight excluding hydrogens is 212 g/mol. The zero-order valence-corrected chi connectivity index (χ0v) is 9.22. The number of rotatable bonds is 6. The summed E-state index contributed by atoms with van der Waals surface area (Å²) in [4.78, 5) is 11.2. The summed E-state index contributed by atoms with van der Waals surface area (Å²) >= 11 is 1.35. The van der Waals surface area contributed by atoms with Gasteiger partial charge < -0.3 is 10.6 Å². The Morgan fingerprint density at radius 1 is 1.53 bits per heavy atom. The summed E-state index contributed by atoms with van der Waals surface area (Å²) in [7, 11) is 0. The third-order valence-corrected chi connectivity index (χ3v) is 2.81. The molecule has 0 aromatic carbocycles. The maximum atomic E-state index is 11.2. The maximum absolute atomic E-state index is 11.2. The number of nitrogens with one attached hydrogen (secondary N) is 2. The highest BCUT2D eigenvalue weighted by Crippen LogP contribution is 2.28. The molecule has 0 atom stereocenters. The molecule has 2 rings (SSSR count). The Morgan fingerprint density at radius 2 is 2.40 bits per heavy atom. The van der Waals surface area contributed by atoms with E-state index in [1.807, 2.05) is 5.38 Å². The predicted octanol–water partition coefficient (Wildman–Crippen LogP) is 0.154. The molecule has 0 radical (unpaired) electrons. The van der Waals surface area contributed by atoms with Crippen molar-refractivity contribution in [3.8, 4) is 0 Å². The van der Waals surface area contributed by atoms with E-state index in [1.165, 1.54) is 11.5 Å². The van der Waals surface area contributed by atoms with Crippen LogP contribution in [0.2, 0.25) is 0 Å². The van der Waals surface area contributed by atoms with Gasteiger partial charge in [-0.3, -0.25) is 4.79 Å². The minimum atomic E-state index is 0.201. The number of aromatic nitrogens is 2. The third kappa shape index (κ3) is 3.56. The Labute approximate surface area is 92.4 Å². The van der Waals surface area contributed by atoms with Crippen LogP contribution in [0.3, 0.4) is 0 Å². The van der Waals surface area contributed by atoms with Crippen LogP contribution in [0.25, 0.3) is 0 Å². The minimum Gasteiger partial charge on any atom is -0.355 e. The molecule has 1 fully saturated rings. The smallest absolute Gasteiger partial charge is 0.223 e. The Bertz CT molecular complexity index is 310. The summed E-state index contributed by atoms with van der Waals surface area (Å²) in [5, 5.41) is 11.9. The van der Waals surface area contributed by atoms with E-state index in [4.69, 9.17) is 0 Å². The van der Waals surface area contributed by atoms with Gasteiger partial charge in [-0.05, 0) is 24.4 Å². The van der Waals surface area contributed by atoms with E-state index >= 15 is 0 Å². The number of nitrogens with zero attached hydrogens (tertiary/aromatic N) is 2. The molecule has 0 unspecified atom stereocenters. The van der Waals surface area contributed by atoms with Crippen molar-refractivity contribution in [2.45, 2.75) is 19.4 Å². The lowest BCUT2D eigenvalue weighted by Crippen LogP contribution is -2.32. The van der Waals surface area contributed by atoms with Crippen molar-refractivity contribution < 1.29 is 4.79 Å². The lowest BCUT2D eigenvalue weighted by atomic mass is 10.4. The molecular formula is C9H14N4OS. The molecule has 0 saturated heterocycles. The van der Waals surface area contributed by atoms with Crippen molar-refractivity contribution in [1.29, 1.82) is 0 Å². The summed E-state index contributed by atoms with van der Waals surface area (Å²) in [5.74, 6) is 0.500. The van der Waals surface area contributed by atoms with Gasteiger partial charge in [-0.1, -0.05) is 4.49 Å². The quantitative estimate of drug-likeness (QED) is 0.678. The number of hydrogen-bond donors (Lipinski definition) is 2. The van der Waals surface area contributed by atoms with E-state index < -0.39 is 0 Å². The second-order valence-electron chi connectivity index (χ2n) is 3.64. The van der Waals surface area contributed by atoms with E-state index in [-0.39, 0.29) is 5.91 Å². The lowest BCUT2D eigenvalue weighted by Gasteiger charge is -2.04. The third-order valence-electron chi connectivity index (χ3n) is 2.26. The first-order chi connectivity index (χ1) is 7.36. The SMILES string of the molecule is O=C(NCCNCc1csnn1)C1CC1. The molecule has 0 spiro atoms. The molecule has 1 aromatic heterocycles. The highest BCUT2D eigenvalue weighted by Gasteiger charge is 2.28. The van der Waals surface area contributed by atoms with Crippen LogP contribution in [0.4, 0.5) is 0 Å². The van der Waals surface area contributed by atoms with E-state index in [1.54, 1.807) is 0 Å². The number of hydrogen-bond acceptors (Lipinski definition) is 5. The van der Waals surface area contributed by atoms with Gasteiger partial charge in [0.1, 0.15) is 0 Å². The van der Waals surface area contributed by atoms with Gasteiger partial charge in [0.2, 0.25) is 5.91 Å². The van der Waals surface area contributed by atoms with Gasteiger partial charge >= 0.3 is 0 Å². The van der Waals surface area contributed by atoms with Crippen molar-refractivity contribution in [1.82, 2.24) is 20.2 Å². The zero-order chi connectivity index (χ0) is 10.5. The van der Waals surface area contributed by atoms with Crippen LogP contribution in [0.15, 0.2) is 5.38 Å². The predicted molar refractivity (Wildman–Crippen MR) is 57.3 cm³/mol. The molecule has 2 N–H and O–H groups in total. The molecule has 0 aliphatic heterocycles. The molecule has 1 aliphatic carbocycles. The molecule has 5 nitrogen and oxygen atoms in total. The Morgan fingerprint density at radius 3 is 3.07 bits per heavy atom. The second kappa shape index (κ2) is 5.18. The Kier molecular flexibility index (Phi) is 3.63. The summed E-state index contributed by atoms with van der Waals surface area (Å²) in [6.07, 6.45) is 2.12. The second-order valence-corrected chi connectivity index (χ2v) is 4.25. The largest absolute Gasteiger partial charge is 0.355 e. The van der Waals surface area contributed by atoms with Crippen molar-refractivity contribution in [2.75, 3.05) is 13.1 Å². The van der Waals surface area contributed by atoms with Gasteiger partial charge in [-0.2, -0.15) is 0 Å². The molecule has 82 valence electrons. The normalized spacial score (nSPS) is 15.2. The van der Waals surface area contributed by atoms with Crippen molar-refractivity contribution in [2.24, 2.45) is 5.92 Å². The highest BCUT2D eigenvalue weighted by atomic mass is 32.1.